The molecule has 0 radical (unpaired) electrons. The molecule has 0 fully saturated rings. The predicted molar refractivity (Wildman–Crippen MR) is 82.8 cm³/mol. The average Bonchev–Trinajstić information content (AvgIpc) is 2.13. The third-order valence-electron chi connectivity index (χ3n) is 2.86. The average molecular weight is 248 g/mol. The highest BCUT2D eigenvalue weighted by molar-refractivity contribution is 5.71. The monoisotopic (exact) mass is 248 g/mol. The zero-order valence-corrected chi connectivity index (χ0v) is 13.2. The first-order chi connectivity index (χ1) is 8.00. The van der Waals surface area contributed by atoms with Gasteiger partial charge in [0.1, 0.15) is 0 Å². The van der Waals surface area contributed by atoms with Gasteiger partial charge in [0.2, 0.25) is 0 Å². The fourth-order valence-corrected chi connectivity index (χ4v) is 1.88. The number of rotatable bonds is 2. The summed E-state index contributed by atoms with van der Waals surface area (Å²) in [5.74, 6) is 0. The van der Waals surface area contributed by atoms with Crippen molar-refractivity contribution in [3.63, 3.8) is 0 Å². The van der Waals surface area contributed by atoms with Gasteiger partial charge in [0, 0.05) is 19.6 Å². The van der Waals surface area contributed by atoms with Gasteiger partial charge in [-0.1, -0.05) is 26.8 Å². The molecule has 2 heteroatoms. The zero-order valence-electron chi connectivity index (χ0n) is 13.2. The Morgan fingerprint density at radius 2 is 1.50 bits per heavy atom. The first-order valence-electron chi connectivity index (χ1n) is 6.61. The summed E-state index contributed by atoms with van der Waals surface area (Å²) in [6.07, 6.45) is 0. The van der Waals surface area contributed by atoms with Crippen molar-refractivity contribution in [3.05, 3.63) is 23.8 Å². The standard InChI is InChI=1S/C16H28N2/c1-15(2,3)12-9-10-13(17-16(4,5)6)14(11-12)18(7)8/h9-11,17H,1-8H3. The lowest BCUT2D eigenvalue weighted by Gasteiger charge is -2.29. The van der Waals surface area contributed by atoms with Crippen molar-refractivity contribution in [1.82, 2.24) is 0 Å². The molecule has 1 rings (SSSR count). The minimum Gasteiger partial charge on any atom is -0.379 e. The molecule has 0 unspecified atom stereocenters. The van der Waals surface area contributed by atoms with Crippen molar-refractivity contribution < 1.29 is 0 Å². The Hall–Kier alpha value is -1.18. The third kappa shape index (κ3) is 3.94. The van der Waals surface area contributed by atoms with Crippen molar-refractivity contribution >= 4 is 11.4 Å². The maximum atomic E-state index is 3.57. The number of nitrogens with zero attached hydrogens (tertiary/aromatic N) is 1. The van der Waals surface area contributed by atoms with Crippen LogP contribution < -0.4 is 10.2 Å². The SMILES string of the molecule is CN(C)c1cc(C(C)(C)C)ccc1NC(C)(C)C. The molecule has 18 heavy (non-hydrogen) atoms. The first-order valence-corrected chi connectivity index (χ1v) is 6.61. The van der Waals surface area contributed by atoms with Crippen molar-refractivity contribution in [2.75, 3.05) is 24.3 Å². The Kier molecular flexibility index (Phi) is 3.99. The van der Waals surface area contributed by atoms with Crippen LogP contribution in [-0.2, 0) is 5.41 Å². The Labute approximate surface area is 112 Å². The molecule has 102 valence electrons. The summed E-state index contributed by atoms with van der Waals surface area (Å²) >= 11 is 0. The van der Waals surface area contributed by atoms with Crippen molar-refractivity contribution in [1.29, 1.82) is 0 Å². The fourth-order valence-electron chi connectivity index (χ4n) is 1.88. The molecule has 0 heterocycles. The molecular weight excluding hydrogens is 220 g/mol. The number of hydrogen-bond donors (Lipinski definition) is 1. The second kappa shape index (κ2) is 4.83. The van der Waals surface area contributed by atoms with E-state index in [2.05, 4.69) is 84.1 Å². The van der Waals surface area contributed by atoms with Crippen LogP contribution in [0.1, 0.15) is 47.1 Å². The molecule has 1 aromatic rings. The topological polar surface area (TPSA) is 15.3 Å². The lowest BCUT2D eigenvalue weighted by Crippen LogP contribution is -2.27. The van der Waals surface area contributed by atoms with Gasteiger partial charge in [-0.3, -0.25) is 0 Å². The van der Waals surface area contributed by atoms with E-state index < -0.39 is 0 Å². The predicted octanol–water partition coefficient (Wildman–Crippen LogP) is 4.26. The lowest BCUT2D eigenvalue weighted by atomic mass is 9.86. The molecule has 0 bridgehead atoms. The molecule has 0 spiro atoms. The van der Waals surface area contributed by atoms with Crippen LogP contribution in [0.3, 0.4) is 0 Å². The number of nitrogens with one attached hydrogen (secondary N) is 1. The van der Waals surface area contributed by atoms with Gasteiger partial charge >= 0.3 is 0 Å². The third-order valence-corrected chi connectivity index (χ3v) is 2.86. The van der Waals surface area contributed by atoms with Crippen LogP contribution in [-0.4, -0.2) is 19.6 Å². The number of benzene rings is 1. The van der Waals surface area contributed by atoms with E-state index in [0.29, 0.717) is 0 Å². The highest BCUT2D eigenvalue weighted by Gasteiger charge is 2.18. The van der Waals surface area contributed by atoms with Gasteiger partial charge in [0.05, 0.1) is 11.4 Å². The molecule has 0 aliphatic heterocycles. The second-order valence-electron chi connectivity index (χ2n) is 7.25. The highest BCUT2D eigenvalue weighted by atomic mass is 15.1. The van der Waals surface area contributed by atoms with Gasteiger partial charge < -0.3 is 10.2 Å². The summed E-state index contributed by atoms with van der Waals surface area (Å²) in [5.41, 5.74) is 4.07. The first kappa shape index (κ1) is 14.9. The van der Waals surface area contributed by atoms with Crippen LogP contribution in [0.4, 0.5) is 11.4 Å². The minimum atomic E-state index is 0.0774. The number of anilines is 2. The van der Waals surface area contributed by atoms with E-state index in [1.54, 1.807) is 0 Å². The van der Waals surface area contributed by atoms with Crippen LogP contribution in [0.25, 0.3) is 0 Å². The molecule has 0 atom stereocenters. The van der Waals surface area contributed by atoms with Crippen molar-refractivity contribution in [3.8, 4) is 0 Å². The van der Waals surface area contributed by atoms with E-state index in [-0.39, 0.29) is 11.0 Å². The van der Waals surface area contributed by atoms with Crippen molar-refractivity contribution in [2.24, 2.45) is 0 Å². The Morgan fingerprint density at radius 3 is 1.89 bits per heavy atom. The Balaban J connectivity index is 3.21. The Bertz CT molecular complexity index is 406. The highest BCUT2D eigenvalue weighted by Crippen LogP contribution is 2.32. The number of hydrogen-bond acceptors (Lipinski definition) is 2. The lowest BCUT2D eigenvalue weighted by molar-refractivity contribution is 0.590. The van der Waals surface area contributed by atoms with Crippen LogP contribution >= 0.6 is 0 Å². The van der Waals surface area contributed by atoms with Crippen molar-refractivity contribution in [2.45, 2.75) is 52.5 Å². The molecule has 0 aliphatic rings. The molecule has 0 saturated carbocycles. The maximum Gasteiger partial charge on any atom is 0.0599 e. The second-order valence-corrected chi connectivity index (χ2v) is 7.25. The summed E-state index contributed by atoms with van der Waals surface area (Å²) < 4.78 is 0. The van der Waals surface area contributed by atoms with E-state index in [9.17, 15) is 0 Å². The van der Waals surface area contributed by atoms with Gasteiger partial charge in [-0.2, -0.15) is 0 Å². The summed E-state index contributed by atoms with van der Waals surface area (Å²) in [4.78, 5) is 2.17. The van der Waals surface area contributed by atoms with Crippen LogP contribution in [0.5, 0.6) is 0 Å². The van der Waals surface area contributed by atoms with Gasteiger partial charge in [-0.15, -0.1) is 0 Å². The molecule has 1 aromatic carbocycles. The van der Waals surface area contributed by atoms with E-state index in [1.165, 1.54) is 16.9 Å². The molecule has 0 amide bonds. The zero-order chi connectivity index (χ0) is 14.1. The van der Waals surface area contributed by atoms with Gasteiger partial charge in [-0.25, -0.2) is 0 Å². The van der Waals surface area contributed by atoms with Crippen LogP contribution in [0.2, 0.25) is 0 Å². The van der Waals surface area contributed by atoms with E-state index in [0.717, 1.165) is 0 Å². The van der Waals surface area contributed by atoms with Gasteiger partial charge in [0.25, 0.3) is 0 Å². The minimum absolute atomic E-state index is 0.0774. The molecule has 2 nitrogen and oxygen atoms in total. The summed E-state index contributed by atoms with van der Waals surface area (Å²) in [6.45, 7) is 13.3. The quantitative estimate of drug-likeness (QED) is 0.841. The summed E-state index contributed by atoms with van der Waals surface area (Å²) in [6, 6.07) is 6.70. The molecule has 1 N–H and O–H groups in total. The van der Waals surface area contributed by atoms with Gasteiger partial charge in [-0.05, 0) is 43.9 Å². The van der Waals surface area contributed by atoms with E-state index in [1.807, 2.05) is 0 Å². The maximum absolute atomic E-state index is 3.57. The van der Waals surface area contributed by atoms with Crippen LogP contribution in [0, 0.1) is 0 Å². The molecule has 0 saturated heterocycles. The smallest absolute Gasteiger partial charge is 0.0599 e. The molecule has 0 aromatic heterocycles. The van der Waals surface area contributed by atoms with E-state index in [4.69, 9.17) is 0 Å². The molecular formula is C16H28N2. The van der Waals surface area contributed by atoms with Crippen LogP contribution in [0.15, 0.2) is 18.2 Å². The largest absolute Gasteiger partial charge is 0.379 e. The fraction of sp³-hybridized carbons (Fsp3) is 0.625. The summed E-state index contributed by atoms with van der Waals surface area (Å²) in [7, 11) is 4.19. The van der Waals surface area contributed by atoms with Gasteiger partial charge in [0.15, 0.2) is 0 Å². The normalized spacial score (nSPS) is 12.4. The van der Waals surface area contributed by atoms with E-state index >= 15 is 0 Å². The summed E-state index contributed by atoms with van der Waals surface area (Å²) in [5, 5.41) is 3.57. The molecule has 0 aliphatic carbocycles. The Morgan fingerprint density at radius 1 is 0.944 bits per heavy atom.